The van der Waals surface area contributed by atoms with Gasteiger partial charge >= 0.3 is 0 Å². The van der Waals surface area contributed by atoms with Crippen LogP contribution >= 0.6 is 0 Å². The smallest absolute Gasteiger partial charge is 0.123 e. The molecular formula is C17H21FN2. The van der Waals surface area contributed by atoms with Crippen molar-refractivity contribution in [1.82, 2.24) is 9.88 Å². The first-order valence-corrected chi connectivity index (χ1v) is 7.42. The van der Waals surface area contributed by atoms with Crippen LogP contribution in [0.2, 0.25) is 0 Å². The summed E-state index contributed by atoms with van der Waals surface area (Å²) < 4.78 is 15.2. The maximum atomic E-state index is 12.9. The molecule has 0 amide bonds. The standard InChI is InChI=1S/C17H21FN2/c1-2-19-17-5-3-4-14-11-20(12-16(14)17)10-13-6-8-15(18)9-7-13/h6-9,11-12,17,19H,2-5,10H2,1H3. The Morgan fingerprint density at radius 1 is 1.25 bits per heavy atom. The van der Waals surface area contributed by atoms with Gasteiger partial charge in [0, 0.05) is 25.0 Å². The van der Waals surface area contributed by atoms with E-state index in [2.05, 4.69) is 29.2 Å². The van der Waals surface area contributed by atoms with E-state index in [0.717, 1.165) is 18.7 Å². The van der Waals surface area contributed by atoms with Crippen LogP contribution in [0.5, 0.6) is 0 Å². The summed E-state index contributed by atoms with van der Waals surface area (Å²) >= 11 is 0. The van der Waals surface area contributed by atoms with Gasteiger partial charge in [0.1, 0.15) is 5.82 Å². The molecule has 1 heterocycles. The van der Waals surface area contributed by atoms with Crippen molar-refractivity contribution in [3.05, 3.63) is 59.2 Å². The van der Waals surface area contributed by atoms with Crippen molar-refractivity contribution in [3.63, 3.8) is 0 Å². The lowest BCUT2D eigenvalue weighted by atomic mass is 9.91. The zero-order chi connectivity index (χ0) is 13.9. The molecule has 2 aromatic rings. The van der Waals surface area contributed by atoms with Gasteiger partial charge in [-0.2, -0.15) is 0 Å². The summed E-state index contributed by atoms with van der Waals surface area (Å²) in [7, 11) is 0. The Kier molecular flexibility index (Phi) is 3.88. The van der Waals surface area contributed by atoms with Crippen molar-refractivity contribution in [2.45, 2.75) is 38.8 Å². The lowest BCUT2D eigenvalue weighted by Gasteiger charge is -2.22. The van der Waals surface area contributed by atoms with Gasteiger partial charge in [-0.15, -0.1) is 0 Å². The van der Waals surface area contributed by atoms with Gasteiger partial charge in [0.2, 0.25) is 0 Å². The van der Waals surface area contributed by atoms with Gasteiger partial charge in [-0.3, -0.25) is 0 Å². The van der Waals surface area contributed by atoms with Crippen molar-refractivity contribution in [2.75, 3.05) is 6.54 Å². The van der Waals surface area contributed by atoms with Crippen LogP contribution in [0.3, 0.4) is 0 Å². The summed E-state index contributed by atoms with van der Waals surface area (Å²) in [6.07, 6.45) is 8.16. The maximum absolute atomic E-state index is 12.9. The molecule has 0 spiro atoms. The second-order valence-electron chi connectivity index (χ2n) is 5.54. The Bertz CT molecular complexity index is 571. The molecule has 1 N–H and O–H groups in total. The number of aromatic nitrogens is 1. The van der Waals surface area contributed by atoms with Gasteiger partial charge in [0.25, 0.3) is 0 Å². The number of fused-ring (bicyclic) bond motifs is 1. The van der Waals surface area contributed by atoms with Gasteiger partial charge in [0.05, 0.1) is 0 Å². The normalized spacial score (nSPS) is 18.0. The fourth-order valence-electron chi connectivity index (χ4n) is 3.10. The minimum absolute atomic E-state index is 0.173. The number of nitrogens with one attached hydrogen (secondary N) is 1. The average molecular weight is 272 g/mol. The number of rotatable bonds is 4. The van der Waals surface area contributed by atoms with Gasteiger partial charge in [-0.1, -0.05) is 19.1 Å². The lowest BCUT2D eigenvalue weighted by molar-refractivity contribution is 0.473. The number of nitrogens with zero attached hydrogens (tertiary/aromatic N) is 1. The van der Waals surface area contributed by atoms with Crippen LogP contribution in [0.25, 0.3) is 0 Å². The lowest BCUT2D eigenvalue weighted by Crippen LogP contribution is -2.23. The highest BCUT2D eigenvalue weighted by atomic mass is 19.1. The second-order valence-corrected chi connectivity index (χ2v) is 5.54. The molecule has 0 saturated heterocycles. The number of halogens is 1. The molecule has 3 heteroatoms. The summed E-state index contributed by atoms with van der Waals surface area (Å²) in [5, 5.41) is 3.56. The fraction of sp³-hybridized carbons (Fsp3) is 0.412. The Morgan fingerprint density at radius 3 is 2.80 bits per heavy atom. The first-order chi connectivity index (χ1) is 9.76. The van der Waals surface area contributed by atoms with E-state index in [1.807, 2.05) is 12.1 Å². The highest BCUT2D eigenvalue weighted by Crippen LogP contribution is 2.30. The average Bonchev–Trinajstić information content (AvgIpc) is 2.85. The van der Waals surface area contributed by atoms with E-state index in [9.17, 15) is 4.39 Å². The predicted octanol–water partition coefficient (Wildman–Crippen LogP) is 3.66. The van der Waals surface area contributed by atoms with Gasteiger partial charge in [-0.25, -0.2) is 4.39 Å². The molecule has 2 nitrogen and oxygen atoms in total. The Morgan fingerprint density at radius 2 is 2.05 bits per heavy atom. The van der Waals surface area contributed by atoms with Crippen molar-refractivity contribution in [1.29, 1.82) is 0 Å². The summed E-state index contributed by atoms with van der Waals surface area (Å²) in [4.78, 5) is 0. The molecule has 1 aliphatic carbocycles. The van der Waals surface area contributed by atoms with E-state index in [4.69, 9.17) is 0 Å². The minimum Gasteiger partial charge on any atom is -0.349 e. The molecule has 3 rings (SSSR count). The minimum atomic E-state index is -0.173. The monoisotopic (exact) mass is 272 g/mol. The van der Waals surface area contributed by atoms with Crippen LogP contribution in [0.1, 0.15) is 42.5 Å². The van der Waals surface area contributed by atoms with Crippen LogP contribution in [-0.2, 0) is 13.0 Å². The largest absolute Gasteiger partial charge is 0.349 e. The summed E-state index contributed by atoms with van der Waals surface area (Å²) in [6, 6.07) is 7.27. The van der Waals surface area contributed by atoms with Gasteiger partial charge in [-0.05, 0) is 54.6 Å². The number of hydrogen-bond acceptors (Lipinski definition) is 1. The van der Waals surface area contributed by atoms with E-state index < -0.39 is 0 Å². The Hall–Kier alpha value is -1.61. The molecule has 1 aromatic heterocycles. The molecule has 0 aliphatic heterocycles. The second kappa shape index (κ2) is 5.80. The highest BCUT2D eigenvalue weighted by Gasteiger charge is 2.21. The van der Waals surface area contributed by atoms with Crippen LogP contribution in [0.15, 0.2) is 36.7 Å². The predicted molar refractivity (Wildman–Crippen MR) is 79.3 cm³/mol. The van der Waals surface area contributed by atoms with Crippen LogP contribution in [0, 0.1) is 5.82 Å². The van der Waals surface area contributed by atoms with E-state index >= 15 is 0 Å². The van der Waals surface area contributed by atoms with E-state index in [-0.39, 0.29) is 5.82 Å². The maximum Gasteiger partial charge on any atom is 0.123 e. The SMILES string of the molecule is CCNC1CCCc2cn(Cc3ccc(F)cc3)cc21. The third kappa shape index (κ3) is 2.78. The first kappa shape index (κ1) is 13.4. The van der Waals surface area contributed by atoms with E-state index in [1.165, 1.54) is 42.5 Å². The van der Waals surface area contributed by atoms with Crippen molar-refractivity contribution in [3.8, 4) is 0 Å². The van der Waals surface area contributed by atoms with Crippen LogP contribution in [0.4, 0.5) is 4.39 Å². The molecule has 1 unspecified atom stereocenters. The summed E-state index contributed by atoms with van der Waals surface area (Å²) in [6.45, 7) is 3.98. The first-order valence-electron chi connectivity index (χ1n) is 7.42. The molecule has 106 valence electrons. The number of aryl methyl sites for hydroxylation is 1. The molecule has 1 atom stereocenters. The molecule has 0 saturated carbocycles. The number of benzene rings is 1. The molecule has 1 aliphatic rings. The third-order valence-electron chi connectivity index (χ3n) is 4.04. The van der Waals surface area contributed by atoms with E-state index in [0.29, 0.717) is 6.04 Å². The Balaban J connectivity index is 1.80. The molecule has 20 heavy (non-hydrogen) atoms. The van der Waals surface area contributed by atoms with Gasteiger partial charge < -0.3 is 9.88 Å². The summed E-state index contributed by atoms with van der Waals surface area (Å²) in [5.41, 5.74) is 4.04. The van der Waals surface area contributed by atoms with Gasteiger partial charge in [0.15, 0.2) is 0 Å². The van der Waals surface area contributed by atoms with Crippen LogP contribution < -0.4 is 5.32 Å². The molecule has 0 radical (unpaired) electrons. The molecular weight excluding hydrogens is 251 g/mol. The quantitative estimate of drug-likeness (QED) is 0.898. The topological polar surface area (TPSA) is 17.0 Å². The fourth-order valence-corrected chi connectivity index (χ4v) is 3.10. The molecule has 0 fully saturated rings. The van der Waals surface area contributed by atoms with Crippen LogP contribution in [-0.4, -0.2) is 11.1 Å². The van der Waals surface area contributed by atoms with Crippen molar-refractivity contribution < 1.29 is 4.39 Å². The summed E-state index contributed by atoms with van der Waals surface area (Å²) in [5.74, 6) is -0.173. The zero-order valence-electron chi connectivity index (χ0n) is 11.9. The molecule has 0 bridgehead atoms. The Labute approximate surface area is 119 Å². The molecule has 1 aromatic carbocycles. The van der Waals surface area contributed by atoms with Crippen molar-refractivity contribution >= 4 is 0 Å². The third-order valence-corrected chi connectivity index (χ3v) is 4.04. The highest BCUT2D eigenvalue weighted by molar-refractivity contribution is 5.31. The zero-order valence-corrected chi connectivity index (χ0v) is 11.9. The van der Waals surface area contributed by atoms with E-state index in [1.54, 1.807) is 0 Å². The van der Waals surface area contributed by atoms with Crippen molar-refractivity contribution in [2.24, 2.45) is 0 Å². The number of hydrogen-bond donors (Lipinski definition) is 1.